The molecular weight excluding hydrogens is 172 g/mol. The van der Waals surface area contributed by atoms with E-state index in [0.717, 1.165) is 11.3 Å². The molecule has 3 rings (SSSR count). The van der Waals surface area contributed by atoms with Crippen molar-refractivity contribution in [3.05, 3.63) is 54.0 Å². The fraction of sp³-hybridized carbons (Fsp3) is 0. The first kappa shape index (κ1) is 7.43. The van der Waals surface area contributed by atoms with Crippen LogP contribution in [0.5, 0.6) is 5.75 Å². The highest BCUT2D eigenvalue weighted by Gasteiger charge is 2.06. The minimum Gasteiger partial charge on any atom is -0.456 e. The molecule has 0 bridgehead atoms. The molecule has 14 heavy (non-hydrogen) atoms. The van der Waals surface area contributed by atoms with Gasteiger partial charge in [0.15, 0.2) is 0 Å². The lowest BCUT2D eigenvalue weighted by atomic mass is 10.0. The standard InChI is InChI=1S/C13H8O/c1-2-5-11-10(4-1)7-8-13-12(11)6-3-9-14-13/h1-2,4-9H. The molecular formula is C13H8O. The second-order valence-electron chi connectivity index (χ2n) is 3.25. The van der Waals surface area contributed by atoms with Crippen LogP contribution in [0.2, 0.25) is 0 Å². The Kier molecular flexibility index (Phi) is 1.46. The summed E-state index contributed by atoms with van der Waals surface area (Å²) in [6, 6.07) is 12.3. The van der Waals surface area contributed by atoms with Crippen LogP contribution in [0.4, 0.5) is 0 Å². The molecule has 1 heterocycles. The Morgan fingerprint density at radius 3 is 2.93 bits per heavy atom. The van der Waals surface area contributed by atoms with E-state index in [4.69, 9.17) is 4.74 Å². The predicted molar refractivity (Wildman–Crippen MR) is 57.1 cm³/mol. The van der Waals surface area contributed by atoms with E-state index in [2.05, 4.69) is 23.9 Å². The second kappa shape index (κ2) is 2.76. The molecule has 0 N–H and O–H groups in total. The van der Waals surface area contributed by atoms with Crippen molar-refractivity contribution in [1.29, 1.82) is 0 Å². The zero-order chi connectivity index (χ0) is 9.38. The molecule has 1 heteroatoms. The highest BCUT2D eigenvalue weighted by atomic mass is 16.5. The van der Waals surface area contributed by atoms with E-state index in [9.17, 15) is 0 Å². The Bertz CT molecular complexity index is 560. The van der Waals surface area contributed by atoms with Crippen LogP contribution >= 0.6 is 0 Å². The monoisotopic (exact) mass is 180 g/mol. The van der Waals surface area contributed by atoms with Gasteiger partial charge in [-0.25, -0.2) is 0 Å². The van der Waals surface area contributed by atoms with Crippen LogP contribution in [0, 0.1) is 0 Å². The molecule has 0 saturated heterocycles. The molecule has 1 aliphatic heterocycles. The van der Waals surface area contributed by atoms with Gasteiger partial charge in [0, 0.05) is 5.56 Å². The van der Waals surface area contributed by atoms with E-state index >= 15 is 0 Å². The van der Waals surface area contributed by atoms with E-state index < -0.39 is 0 Å². The highest BCUT2D eigenvalue weighted by molar-refractivity contribution is 5.93. The summed E-state index contributed by atoms with van der Waals surface area (Å²) in [5, 5.41) is 2.44. The van der Waals surface area contributed by atoms with Crippen LogP contribution in [-0.4, -0.2) is 0 Å². The zero-order valence-corrected chi connectivity index (χ0v) is 7.53. The number of benzene rings is 2. The van der Waals surface area contributed by atoms with E-state index in [-0.39, 0.29) is 0 Å². The van der Waals surface area contributed by atoms with E-state index in [1.54, 1.807) is 6.26 Å². The minimum atomic E-state index is 0.905. The number of ether oxygens (including phenoxy) is 1. The Labute approximate surface area is 81.9 Å². The Morgan fingerprint density at radius 2 is 1.93 bits per heavy atom. The van der Waals surface area contributed by atoms with Gasteiger partial charge in [-0.1, -0.05) is 36.1 Å². The fourth-order valence-electron chi connectivity index (χ4n) is 1.74. The lowest BCUT2D eigenvalue weighted by Gasteiger charge is -2.09. The molecule has 0 unspecified atom stereocenters. The number of hydrogen-bond acceptors (Lipinski definition) is 1. The Balaban J connectivity index is 2.47. The maximum atomic E-state index is 5.36. The van der Waals surface area contributed by atoms with E-state index in [0.29, 0.717) is 0 Å². The van der Waals surface area contributed by atoms with Crippen molar-refractivity contribution >= 4 is 16.8 Å². The summed E-state index contributed by atoms with van der Waals surface area (Å²) in [6.45, 7) is 0. The largest absolute Gasteiger partial charge is 0.456 e. The topological polar surface area (TPSA) is 9.23 Å². The van der Waals surface area contributed by atoms with E-state index in [1.807, 2.05) is 24.3 Å². The maximum Gasteiger partial charge on any atom is 0.135 e. The van der Waals surface area contributed by atoms with Gasteiger partial charge in [0.2, 0.25) is 0 Å². The lowest BCUT2D eigenvalue weighted by Crippen LogP contribution is -1.90. The van der Waals surface area contributed by atoms with Gasteiger partial charge in [0.1, 0.15) is 12.0 Å². The number of hydrogen-bond donors (Lipinski definition) is 0. The third kappa shape index (κ3) is 0.968. The van der Waals surface area contributed by atoms with Gasteiger partial charge >= 0.3 is 0 Å². The maximum absolute atomic E-state index is 5.36. The first-order valence-electron chi connectivity index (χ1n) is 4.54. The Morgan fingerprint density at radius 1 is 1.00 bits per heavy atom. The van der Waals surface area contributed by atoms with Gasteiger partial charge < -0.3 is 4.74 Å². The summed E-state index contributed by atoms with van der Waals surface area (Å²) in [4.78, 5) is 0. The summed E-state index contributed by atoms with van der Waals surface area (Å²) in [7, 11) is 0. The normalized spacial score (nSPS) is 12.6. The average Bonchev–Trinajstić information content (AvgIpc) is 2.29. The quantitative estimate of drug-likeness (QED) is 0.565. The van der Waals surface area contributed by atoms with Gasteiger partial charge in [-0.3, -0.25) is 0 Å². The van der Waals surface area contributed by atoms with Gasteiger partial charge in [-0.15, -0.1) is 0 Å². The van der Waals surface area contributed by atoms with Crippen LogP contribution in [0.15, 0.2) is 48.4 Å². The number of rotatable bonds is 0. The van der Waals surface area contributed by atoms with Crippen LogP contribution in [0.25, 0.3) is 16.8 Å². The fourth-order valence-corrected chi connectivity index (χ4v) is 1.74. The third-order valence-corrected chi connectivity index (χ3v) is 2.41. The van der Waals surface area contributed by atoms with Crippen LogP contribution in [0.3, 0.4) is 0 Å². The molecule has 0 aromatic heterocycles. The second-order valence-corrected chi connectivity index (χ2v) is 3.25. The molecule has 0 saturated carbocycles. The zero-order valence-electron chi connectivity index (χ0n) is 7.53. The van der Waals surface area contributed by atoms with Gasteiger partial charge in [-0.05, 0) is 22.9 Å². The molecule has 0 atom stereocenters. The number of fused-ring (bicyclic) bond motifs is 3. The highest BCUT2D eigenvalue weighted by Crippen LogP contribution is 2.30. The van der Waals surface area contributed by atoms with Crippen molar-refractivity contribution in [2.45, 2.75) is 0 Å². The SMILES string of the molecule is C1=COc2ccc3ccccc3c2C=1. The molecule has 66 valence electrons. The summed E-state index contributed by atoms with van der Waals surface area (Å²) in [5.41, 5.74) is 4.08. The van der Waals surface area contributed by atoms with Crippen molar-refractivity contribution in [2.75, 3.05) is 0 Å². The van der Waals surface area contributed by atoms with Crippen molar-refractivity contribution < 1.29 is 4.74 Å². The van der Waals surface area contributed by atoms with Gasteiger partial charge in [0.25, 0.3) is 0 Å². The van der Waals surface area contributed by atoms with Crippen LogP contribution in [-0.2, 0) is 0 Å². The molecule has 1 aliphatic rings. The predicted octanol–water partition coefficient (Wildman–Crippen LogP) is 3.36. The smallest absolute Gasteiger partial charge is 0.135 e. The molecule has 0 spiro atoms. The van der Waals surface area contributed by atoms with Gasteiger partial charge in [-0.2, -0.15) is 0 Å². The summed E-state index contributed by atoms with van der Waals surface area (Å²) >= 11 is 0. The minimum absolute atomic E-state index is 0.905. The summed E-state index contributed by atoms with van der Waals surface area (Å²) < 4.78 is 5.36. The molecule has 0 fully saturated rings. The molecule has 0 aliphatic carbocycles. The van der Waals surface area contributed by atoms with Gasteiger partial charge in [0.05, 0.1) is 0 Å². The van der Waals surface area contributed by atoms with Crippen molar-refractivity contribution in [3.63, 3.8) is 0 Å². The molecule has 2 aromatic carbocycles. The van der Waals surface area contributed by atoms with Crippen molar-refractivity contribution in [2.24, 2.45) is 0 Å². The molecule has 0 amide bonds. The molecule has 2 aromatic rings. The first-order valence-corrected chi connectivity index (χ1v) is 4.54. The summed E-state index contributed by atoms with van der Waals surface area (Å²) in [5.74, 6) is 0.905. The molecule has 0 radical (unpaired) electrons. The van der Waals surface area contributed by atoms with E-state index in [1.165, 1.54) is 10.8 Å². The summed E-state index contributed by atoms with van der Waals surface area (Å²) in [6.07, 6.45) is 3.54. The first-order chi connectivity index (χ1) is 6.95. The van der Waals surface area contributed by atoms with Crippen molar-refractivity contribution in [3.8, 4) is 5.75 Å². The average molecular weight is 180 g/mol. The van der Waals surface area contributed by atoms with Crippen molar-refractivity contribution in [1.82, 2.24) is 0 Å². The third-order valence-electron chi connectivity index (χ3n) is 2.41. The molecule has 1 nitrogen and oxygen atoms in total. The Hall–Kier alpha value is -1.98. The lowest BCUT2D eigenvalue weighted by molar-refractivity contribution is 0.479. The van der Waals surface area contributed by atoms with Crippen LogP contribution < -0.4 is 4.74 Å². The van der Waals surface area contributed by atoms with Crippen LogP contribution in [0.1, 0.15) is 5.56 Å².